The highest BCUT2D eigenvalue weighted by atomic mass is 16.5. The van der Waals surface area contributed by atoms with Crippen LogP contribution in [0.5, 0.6) is 17.2 Å². The molecule has 0 amide bonds. The van der Waals surface area contributed by atoms with E-state index < -0.39 is 0 Å². The second kappa shape index (κ2) is 8.94. The van der Waals surface area contributed by atoms with Gasteiger partial charge in [0.2, 0.25) is 0 Å². The van der Waals surface area contributed by atoms with Crippen LogP contribution in [0.3, 0.4) is 0 Å². The number of para-hydroxylation sites is 2. The number of phenols is 1. The summed E-state index contributed by atoms with van der Waals surface area (Å²) in [6, 6.07) is 13.6. The Hall–Kier alpha value is -3.09. The number of benzene rings is 2. The Morgan fingerprint density at radius 1 is 1.03 bits per heavy atom. The summed E-state index contributed by atoms with van der Waals surface area (Å²) < 4.78 is 11.5. The highest BCUT2D eigenvalue weighted by Crippen LogP contribution is 2.30. The van der Waals surface area contributed by atoms with E-state index in [1.807, 2.05) is 37.4 Å². The molecule has 0 unspecified atom stereocenters. The predicted molar refractivity (Wildman–Crippen MR) is 114 cm³/mol. The Morgan fingerprint density at radius 3 is 2.55 bits per heavy atom. The number of fused-ring (bicyclic) bond motifs is 1. The molecule has 0 aromatic heterocycles. The molecule has 154 valence electrons. The smallest absolute Gasteiger partial charge is 0.194 e. The average Bonchev–Trinajstić information content (AvgIpc) is 3.00. The van der Waals surface area contributed by atoms with Gasteiger partial charge in [-0.25, -0.2) is 0 Å². The summed E-state index contributed by atoms with van der Waals surface area (Å²) in [5.74, 6) is 2.84. The van der Waals surface area contributed by atoms with E-state index in [0.29, 0.717) is 25.5 Å². The number of aromatic hydroxyl groups is 1. The lowest BCUT2D eigenvalue weighted by molar-refractivity contribution is 0.297. The van der Waals surface area contributed by atoms with E-state index in [1.165, 1.54) is 0 Å². The van der Waals surface area contributed by atoms with Crippen LogP contribution in [0.1, 0.15) is 12.0 Å². The number of hydrogen-bond acceptors (Lipinski definition) is 5. The topological polar surface area (TPSA) is 69.6 Å². The van der Waals surface area contributed by atoms with Crippen LogP contribution < -0.4 is 19.7 Å². The van der Waals surface area contributed by atoms with Crippen molar-refractivity contribution >= 4 is 11.6 Å². The van der Waals surface area contributed by atoms with E-state index in [-0.39, 0.29) is 0 Å². The van der Waals surface area contributed by atoms with E-state index in [4.69, 9.17) is 9.47 Å². The second-order valence-electron chi connectivity index (χ2n) is 7.20. The molecule has 2 aliphatic heterocycles. The highest BCUT2D eigenvalue weighted by molar-refractivity contribution is 5.80. The zero-order chi connectivity index (χ0) is 20.1. The van der Waals surface area contributed by atoms with Crippen molar-refractivity contribution in [3.63, 3.8) is 0 Å². The molecule has 0 bridgehead atoms. The molecule has 2 aliphatic rings. The normalized spacial score (nSPS) is 17.1. The summed E-state index contributed by atoms with van der Waals surface area (Å²) in [6.07, 6.45) is 0.904. The third kappa shape index (κ3) is 4.50. The second-order valence-corrected chi connectivity index (χ2v) is 7.20. The Morgan fingerprint density at radius 2 is 1.79 bits per heavy atom. The molecule has 2 aromatic carbocycles. The lowest BCUT2D eigenvalue weighted by Crippen LogP contribution is -2.52. The van der Waals surface area contributed by atoms with Gasteiger partial charge in [0, 0.05) is 46.2 Å². The maximum absolute atomic E-state index is 10.1. The maximum Gasteiger partial charge on any atom is 0.194 e. The Labute approximate surface area is 171 Å². The largest absolute Gasteiger partial charge is 0.506 e. The van der Waals surface area contributed by atoms with Gasteiger partial charge in [-0.3, -0.25) is 4.99 Å². The minimum atomic E-state index is 0.331. The quantitative estimate of drug-likeness (QED) is 0.614. The lowest BCUT2D eigenvalue weighted by atomic mass is 10.2. The van der Waals surface area contributed by atoms with Gasteiger partial charge >= 0.3 is 0 Å². The summed E-state index contributed by atoms with van der Waals surface area (Å²) in [6.45, 7) is 5.41. The number of nitrogens with one attached hydrogen (secondary N) is 1. The van der Waals surface area contributed by atoms with Crippen LogP contribution in [0.2, 0.25) is 0 Å². The Kier molecular flexibility index (Phi) is 5.93. The first-order valence-corrected chi connectivity index (χ1v) is 10.1. The average molecular weight is 396 g/mol. The maximum atomic E-state index is 10.1. The van der Waals surface area contributed by atoms with Gasteiger partial charge in [0.25, 0.3) is 0 Å². The Balaban J connectivity index is 1.33. The SMILES string of the molecule is CN=C(NCc1ccc2c(c1)OCCCO2)N1CCN(c2ccccc2O)CC1. The number of nitrogens with zero attached hydrogens (tertiary/aromatic N) is 3. The molecule has 0 spiro atoms. The van der Waals surface area contributed by atoms with E-state index in [0.717, 1.165) is 61.3 Å². The molecule has 2 aromatic rings. The van der Waals surface area contributed by atoms with Crippen molar-refractivity contribution in [2.45, 2.75) is 13.0 Å². The third-order valence-corrected chi connectivity index (χ3v) is 5.28. The van der Waals surface area contributed by atoms with Crippen LogP contribution in [-0.4, -0.2) is 62.4 Å². The molecule has 7 heteroatoms. The van der Waals surface area contributed by atoms with Crippen molar-refractivity contribution in [2.75, 3.05) is 51.3 Å². The number of anilines is 1. The summed E-state index contributed by atoms with van der Waals surface area (Å²) in [4.78, 5) is 8.91. The van der Waals surface area contributed by atoms with Crippen molar-refractivity contribution < 1.29 is 14.6 Å². The number of guanidine groups is 1. The Bertz CT molecular complexity index is 863. The summed E-state index contributed by atoms with van der Waals surface area (Å²) in [5, 5.41) is 13.5. The van der Waals surface area contributed by atoms with Crippen molar-refractivity contribution in [3.05, 3.63) is 48.0 Å². The van der Waals surface area contributed by atoms with Crippen molar-refractivity contribution in [1.29, 1.82) is 0 Å². The fraction of sp³-hybridized carbons (Fsp3) is 0.409. The van der Waals surface area contributed by atoms with Crippen LogP contribution >= 0.6 is 0 Å². The van der Waals surface area contributed by atoms with Gasteiger partial charge in [-0.15, -0.1) is 0 Å². The molecule has 2 heterocycles. The fourth-order valence-corrected chi connectivity index (χ4v) is 3.72. The van der Waals surface area contributed by atoms with Crippen LogP contribution in [0, 0.1) is 0 Å². The zero-order valence-corrected chi connectivity index (χ0v) is 16.8. The first-order valence-electron chi connectivity index (χ1n) is 10.1. The number of piperazine rings is 1. The molecule has 7 nitrogen and oxygen atoms in total. The van der Waals surface area contributed by atoms with E-state index in [9.17, 15) is 5.11 Å². The van der Waals surface area contributed by atoms with Gasteiger partial charge in [0.15, 0.2) is 17.5 Å². The van der Waals surface area contributed by atoms with Crippen molar-refractivity contribution in [3.8, 4) is 17.2 Å². The van der Waals surface area contributed by atoms with Gasteiger partial charge in [-0.1, -0.05) is 18.2 Å². The summed E-state index contributed by atoms with van der Waals surface area (Å²) in [7, 11) is 1.81. The number of rotatable bonds is 3. The molecule has 1 saturated heterocycles. The number of aliphatic imine (C=N–C) groups is 1. The monoisotopic (exact) mass is 396 g/mol. The molecular formula is C22H28N4O3. The van der Waals surface area contributed by atoms with E-state index >= 15 is 0 Å². The molecule has 0 radical (unpaired) electrons. The summed E-state index contributed by atoms with van der Waals surface area (Å²) >= 11 is 0. The van der Waals surface area contributed by atoms with Crippen LogP contribution in [-0.2, 0) is 6.54 Å². The van der Waals surface area contributed by atoms with E-state index in [1.54, 1.807) is 6.07 Å². The van der Waals surface area contributed by atoms with Crippen LogP contribution in [0.15, 0.2) is 47.5 Å². The molecule has 0 aliphatic carbocycles. The zero-order valence-electron chi connectivity index (χ0n) is 16.8. The van der Waals surface area contributed by atoms with Crippen LogP contribution in [0.25, 0.3) is 0 Å². The number of phenolic OH excluding ortho intramolecular Hbond substituents is 1. The molecule has 0 atom stereocenters. The molecular weight excluding hydrogens is 368 g/mol. The first kappa shape index (κ1) is 19.2. The third-order valence-electron chi connectivity index (χ3n) is 5.28. The lowest BCUT2D eigenvalue weighted by Gasteiger charge is -2.37. The molecule has 29 heavy (non-hydrogen) atoms. The highest BCUT2D eigenvalue weighted by Gasteiger charge is 2.21. The van der Waals surface area contributed by atoms with Gasteiger partial charge in [0.1, 0.15) is 5.75 Å². The van der Waals surface area contributed by atoms with E-state index in [2.05, 4.69) is 26.2 Å². The molecule has 4 rings (SSSR count). The molecule has 2 N–H and O–H groups in total. The predicted octanol–water partition coefficient (Wildman–Crippen LogP) is 2.45. The van der Waals surface area contributed by atoms with Gasteiger partial charge in [0.05, 0.1) is 18.9 Å². The number of hydrogen-bond donors (Lipinski definition) is 2. The minimum Gasteiger partial charge on any atom is -0.506 e. The first-order chi connectivity index (χ1) is 14.2. The van der Waals surface area contributed by atoms with Gasteiger partial charge in [-0.2, -0.15) is 0 Å². The fourth-order valence-electron chi connectivity index (χ4n) is 3.72. The standard InChI is InChI=1S/C22H28N4O3/c1-23-22(24-16-17-7-8-20-21(15-17)29-14-4-13-28-20)26-11-9-25(10-12-26)18-5-2-3-6-19(18)27/h2-3,5-8,15,27H,4,9-14,16H2,1H3,(H,23,24). The van der Waals surface area contributed by atoms with Crippen molar-refractivity contribution in [2.24, 2.45) is 4.99 Å². The van der Waals surface area contributed by atoms with Crippen molar-refractivity contribution in [1.82, 2.24) is 10.2 Å². The minimum absolute atomic E-state index is 0.331. The van der Waals surface area contributed by atoms with Gasteiger partial charge in [-0.05, 0) is 29.8 Å². The van der Waals surface area contributed by atoms with Gasteiger partial charge < -0.3 is 29.7 Å². The molecule has 0 saturated carbocycles. The van der Waals surface area contributed by atoms with Crippen LogP contribution in [0.4, 0.5) is 5.69 Å². The molecule has 1 fully saturated rings. The summed E-state index contributed by atoms with van der Waals surface area (Å²) in [5.41, 5.74) is 2.02. The number of ether oxygens (including phenoxy) is 2.